The van der Waals surface area contributed by atoms with Crippen LogP contribution in [-0.4, -0.2) is 25.2 Å². The van der Waals surface area contributed by atoms with Crippen molar-refractivity contribution in [2.75, 3.05) is 20.3 Å². The molecule has 0 amide bonds. The minimum atomic E-state index is 0.699. The molecular formula is C16H20N2O2. The zero-order chi connectivity index (χ0) is 14.2. The largest absolute Gasteiger partial charge is 0.455 e. The van der Waals surface area contributed by atoms with Gasteiger partial charge in [-0.15, -0.1) is 0 Å². The Hall–Kier alpha value is -1.91. The Labute approximate surface area is 119 Å². The maximum Gasteiger partial charge on any atom is 0.148 e. The number of hydrogen-bond acceptors (Lipinski definition) is 4. The third-order valence-corrected chi connectivity index (χ3v) is 2.95. The van der Waals surface area contributed by atoms with E-state index in [0.717, 1.165) is 35.8 Å². The first-order valence-electron chi connectivity index (χ1n) is 6.68. The van der Waals surface area contributed by atoms with Gasteiger partial charge < -0.3 is 14.8 Å². The van der Waals surface area contributed by atoms with Crippen molar-refractivity contribution in [2.45, 2.75) is 13.5 Å². The first-order valence-corrected chi connectivity index (χ1v) is 6.68. The van der Waals surface area contributed by atoms with E-state index < -0.39 is 0 Å². The molecule has 4 heteroatoms. The molecule has 4 nitrogen and oxygen atoms in total. The Morgan fingerprint density at radius 3 is 2.70 bits per heavy atom. The van der Waals surface area contributed by atoms with Gasteiger partial charge in [0.05, 0.1) is 12.3 Å². The van der Waals surface area contributed by atoms with Gasteiger partial charge in [-0.05, 0) is 25.1 Å². The summed E-state index contributed by atoms with van der Waals surface area (Å²) in [6, 6.07) is 11.8. The van der Waals surface area contributed by atoms with Crippen LogP contribution < -0.4 is 10.1 Å². The van der Waals surface area contributed by atoms with Gasteiger partial charge in [-0.25, -0.2) is 0 Å². The number of pyridine rings is 1. The van der Waals surface area contributed by atoms with E-state index >= 15 is 0 Å². The van der Waals surface area contributed by atoms with Gasteiger partial charge in [0.25, 0.3) is 0 Å². The van der Waals surface area contributed by atoms with E-state index in [4.69, 9.17) is 9.47 Å². The highest BCUT2D eigenvalue weighted by atomic mass is 16.5. The van der Waals surface area contributed by atoms with Gasteiger partial charge in [-0.3, -0.25) is 4.98 Å². The predicted molar refractivity (Wildman–Crippen MR) is 79.1 cm³/mol. The normalized spacial score (nSPS) is 10.5. The fraction of sp³-hybridized carbons (Fsp3) is 0.312. The molecule has 106 valence electrons. The van der Waals surface area contributed by atoms with Crippen LogP contribution in [0.5, 0.6) is 11.5 Å². The molecule has 1 N–H and O–H groups in total. The number of nitrogens with one attached hydrogen (secondary N) is 1. The maximum absolute atomic E-state index is 5.96. The average molecular weight is 272 g/mol. The lowest BCUT2D eigenvalue weighted by molar-refractivity contribution is 0.199. The summed E-state index contributed by atoms with van der Waals surface area (Å²) in [5.41, 5.74) is 2.00. The molecule has 0 aliphatic heterocycles. The van der Waals surface area contributed by atoms with Gasteiger partial charge >= 0.3 is 0 Å². The molecule has 0 unspecified atom stereocenters. The minimum Gasteiger partial charge on any atom is -0.455 e. The lowest BCUT2D eigenvalue weighted by atomic mass is 10.2. The molecule has 0 saturated carbocycles. The van der Waals surface area contributed by atoms with E-state index in [0.29, 0.717) is 6.61 Å². The van der Waals surface area contributed by atoms with Crippen LogP contribution in [0, 0.1) is 6.92 Å². The molecule has 0 saturated heterocycles. The summed E-state index contributed by atoms with van der Waals surface area (Å²) in [4.78, 5) is 4.23. The van der Waals surface area contributed by atoms with Crippen molar-refractivity contribution in [3.63, 3.8) is 0 Å². The summed E-state index contributed by atoms with van der Waals surface area (Å²) < 4.78 is 11.0. The van der Waals surface area contributed by atoms with Crippen molar-refractivity contribution in [3.8, 4) is 11.5 Å². The Balaban J connectivity index is 2.06. The molecule has 0 aliphatic rings. The maximum atomic E-state index is 5.96. The van der Waals surface area contributed by atoms with Gasteiger partial charge in [-0.1, -0.05) is 18.2 Å². The number of nitrogens with zero attached hydrogens (tertiary/aromatic N) is 1. The average Bonchev–Trinajstić information content (AvgIpc) is 2.47. The molecule has 2 rings (SSSR count). The Morgan fingerprint density at radius 1 is 1.10 bits per heavy atom. The topological polar surface area (TPSA) is 43.4 Å². The summed E-state index contributed by atoms with van der Waals surface area (Å²) >= 11 is 0. The van der Waals surface area contributed by atoms with Crippen molar-refractivity contribution in [1.82, 2.24) is 10.3 Å². The van der Waals surface area contributed by atoms with Crippen LogP contribution in [0.1, 0.15) is 11.3 Å². The second-order valence-electron chi connectivity index (χ2n) is 4.47. The zero-order valence-corrected chi connectivity index (χ0v) is 11.9. The van der Waals surface area contributed by atoms with Crippen molar-refractivity contribution in [2.24, 2.45) is 0 Å². The van der Waals surface area contributed by atoms with Crippen molar-refractivity contribution >= 4 is 0 Å². The summed E-state index contributed by atoms with van der Waals surface area (Å²) in [7, 11) is 1.70. The molecule has 1 aromatic carbocycles. The Kier molecular flexibility index (Phi) is 5.53. The number of aryl methyl sites for hydroxylation is 1. The van der Waals surface area contributed by atoms with Crippen molar-refractivity contribution < 1.29 is 9.47 Å². The third kappa shape index (κ3) is 4.05. The molecule has 0 spiro atoms. The third-order valence-electron chi connectivity index (χ3n) is 2.95. The molecule has 0 fully saturated rings. The van der Waals surface area contributed by atoms with Crippen LogP contribution in [-0.2, 0) is 11.3 Å². The first-order chi connectivity index (χ1) is 9.81. The van der Waals surface area contributed by atoms with Crippen molar-refractivity contribution in [3.05, 3.63) is 53.9 Å². The quantitative estimate of drug-likeness (QED) is 0.787. The molecule has 0 bridgehead atoms. The Morgan fingerprint density at radius 2 is 1.90 bits per heavy atom. The number of ether oxygens (including phenoxy) is 2. The van der Waals surface area contributed by atoms with Crippen LogP contribution in [0.15, 0.2) is 42.6 Å². The molecular weight excluding hydrogens is 252 g/mol. The van der Waals surface area contributed by atoms with Gasteiger partial charge in [0.2, 0.25) is 0 Å². The number of para-hydroxylation sites is 1. The van der Waals surface area contributed by atoms with Crippen LogP contribution in [0.4, 0.5) is 0 Å². The van der Waals surface area contributed by atoms with Crippen molar-refractivity contribution in [1.29, 1.82) is 0 Å². The SMILES string of the molecule is COCCNCc1ccccc1Oc1cccnc1C. The lowest BCUT2D eigenvalue weighted by Gasteiger charge is -2.12. The van der Waals surface area contributed by atoms with Gasteiger partial charge in [0.15, 0.2) is 0 Å². The monoisotopic (exact) mass is 272 g/mol. The second kappa shape index (κ2) is 7.62. The summed E-state index contributed by atoms with van der Waals surface area (Å²) in [5, 5.41) is 3.32. The molecule has 0 radical (unpaired) electrons. The molecule has 0 atom stereocenters. The highest BCUT2D eigenvalue weighted by Crippen LogP contribution is 2.26. The number of rotatable bonds is 7. The highest BCUT2D eigenvalue weighted by Gasteiger charge is 2.06. The van der Waals surface area contributed by atoms with Crippen LogP contribution in [0.2, 0.25) is 0 Å². The lowest BCUT2D eigenvalue weighted by Crippen LogP contribution is -2.18. The molecule has 0 aliphatic carbocycles. The minimum absolute atomic E-state index is 0.699. The van der Waals surface area contributed by atoms with E-state index in [1.165, 1.54) is 0 Å². The van der Waals surface area contributed by atoms with E-state index in [9.17, 15) is 0 Å². The fourth-order valence-electron chi connectivity index (χ4n) is 1.84. The zero-order valence-electron chi connectivity index (χ0n) is 11.9. The van der Waals surface area contributed by atoms with E-state index in [1.54, 1.807) is 13.3 Å². The van der Waals surface area contributed by atoms with E-state index in [-0.39, 0.29) is 0 Å². The fourth-order valence-corrected chi connectivity index (χ4v) is 1.84. The van der Waals surface area contributed by atoms with Gasteiger partial charge in [0, 0.05) is 32.0 Å². The molecule has 1 heterocycles. The number of methoxy groups -OCH3 is 1. The Bertz CT molecular complexity index is 544. The molecule has 1 aromatic heterocycles. The van der Waals surface area contributed by atoms with Gasteiger partial charge in [-0.2, -0.15) is 0 Å². The van der Waals surface area contributed by atoms with E-state index in [2.05, 4.69) is 16.4 Å². The predicted octanol–water partition coefficient (Wildman–Crippen LogP) is 2.92. The summed E-state index contributed by atoms with van der Waals surface area (Å²) in [5.74, 6) is 1.64. The highest BCUT2D eigenvalue weighted by molar-refractivity contribution is 5.38. The molecule has 2 aromatic rings. The van der Waals surface area contributed by atoms with Crippen LogP contribution in [0.25, 0.3) is 0 Å². The summed E-state index contributed by atoms with van der Waals surface area (Å²) in [6.07, 6.45) is 1.76. The van der Waals surface area contributed by atoms with E-state index in [1.807, 2.05) is 37.3 Å². The first kappa shape index (κ1) is 14.5. The summed E-state index contributed by atoms with van der Waals surface area (Å²) in [6.45, 7) is 4.20. The smallest absolute Gasteiger partial charge is 0.148 e. The number of aromatic nitrogens is 1. The number of hydrogen-bond donors (Lipinski definition) is 1. The van der Waals surface area contributed by atoms with Crippen LogP contribution in [0.3, 0.4) is 0 Å². The van der Waals surface area contributed by atoms with Crippen LogP contribution >= 0.6 is 0 Å². The molecule has 20 heavy (non-hydrogen) atoms. The van der Waals surface area contributed by atoms with Gasteiger partial charge in [0.1, 0.15) is 11.5 Å². The second-order valence-corrected chi connectivity index (χ2v) is 4.47. The number of benzene rings is 1. The standard InChI is InChI=1S/C16H20N2O2/c1-13-15(8-5-9-18-13)20-16-7-4-3-6-14(16)12-17-10-11-19-2/h3-9,17H,10-12H2,1-2H3.